The summed E-state index contributed by atoms with van der Waals surface area (Å²) in [6, 6.07) is -14.5. The average Bonchev–Trinajstić information content (AvgIpc) is 0.814. The first-order valence-corrected chi connectivity index (χ1v) is 32.9. The van der Waals surface area contributed by atoms with Gasteiger partial charge in [0.05, 0.1) is 19.1 Å². The minimum absolute atomic E-state index is 0.0581. The van der Waals surface area contributed by atoms with Crippen LogP contribution in [0.1, 0.15) is 170 Å². The number of rotatable bonds is 18. The number of hydrogen-bond donors (Lipinski definition) is 5. The van der Waals surface area contributed by atoms with Crippen LogP contribution in [0.25, 0.3) is 0 Å². The molecule has 1 saturated heterocycles. The molecule has 0 radical (unpaired) electrons. The van der Waals surface area contributed by atoms with Gasteiger partial charge in [0.25, 0.3) is 0 Å². The number of carbonyl (C=O) groups is 12. The Balaban J connectivity index is 4.57. The highest BCUT2D eigenvalue weighted by atomic mass is 16.5. The van der Waals surface area contributed by atoms with E-state index in [0.717, 1.165) is 14.7 Å². The van der Waals surface area contributed by atoms with E-state index in [4.69, 9.17) is 4.74 Å². The minimum atomic E-state index is -1.69. The third-order valence-electron chi connectivity index (χ3n) is 17.6. The standard InChI is InChI=1S/C67H119N11O14/c1-27-29-30-42(15)55(79)54-59(83)70-46(28-2)61(85)75(22)51(35-43(16)67(91)92-26)63(87)72(19)48(32-37(5)6)58(82)71-52(40(11)12)65(89)73(20)47(31-36(3)4)57(81)68-44(17)56(80)69-45(18)60(84)74(21)49(33-38(7)8)62(86)76(23)50(34-39(9)10)64(88)77(24)53(41(13)14)66(90)78(54)25/h27,29,36-55,79H,28,30-35H2,1-26H3,(H,68,81)(H,69,80)(H,70,83)(H,71,82)/b29-27+/t42-,43?,44+,45-,46+,47+,48+,49+,50+,51?,52+,53+,54+,55-/m1/s1. The van der Waals surface area contributed by atoms with E-state index in [1.807, 2.05) is 55.4 Å². The van der Waals surface area contributed by atoms with E-state index in [1.54, 1.807) is 60.6 Å². The molecular weight excluding hydrogens is 1180 g/mol. The second-order valence-corrected chi connectivity index (χ2v) is 28.0. The van der Waals surface area contributed by atoms with Gasteiger partial charge in [-0.1, -0.05) is 116 Å². The maximum atomic E-state index is 15.3. The van der Waals surface area contributed by atoms with Crippen molar-refractivity contribution in [3.63, 3.8) is 0 Å². The second kappa shape index (κ2) is 37.9. The molecule has 0 aromatic carbocycles. The highest BCUT2D eigenvalue weighted by molar-refractivity contribution is 6.00. The Morgan fingerprint density at radius 2 is 0.837 bits per heavy atom. The molecule has 92 heavy (non-hydrogen) atoms. The fourth-order valence-electron chi connectivity index (χ4n) is 11.7. The molecule has 0 saturated carbocycles. The predicted molar refractivity (Wildman–Crippen MR) is 353 cm³/mol. The summed E-state index contributed by atoms with van der Waals surface area (Å²) in [5.74, 6) is -12.3. The van der Waals surface area contributed by atoms with Gasteiger partial charge in [-0.15, -0.1) is 0 Å². The van der Waals surface area contributed by atoms with Gasteiger partial charge in [-0.25, -0.2) is 0 Å². The van der Waals surface area contributed by atoms with Crippen LogP contribution in [0.2, 0.25) is 0 Å². The quantitative estimate of drug-likeness (QED) is 0.0963. The molecule has 1 heterocycles. The molecule has 1 fully saturated rings. The number of methoxy groups -OCH3 is 1. The number of allylic oxidation sites excluding steroid dienone is 2. The van der Waals surface area contributed by atoms with E-state index in [0.29, 0.717) is 0 Å². The van der Waals surface area contributed by atoms with Gasteiger partial charge < -0.3 is 65.4 Å². The summed E-state index contributed by atoms with van der Waals surface area (Å²) < 4.78 is 5.05. The zero-order valence-electron chi connectivity index (χ0n) is 60.5. The number of likely N-dealkylation sites (N-methyl/N-ethyl adjacent to an activating group) is 7. The van der Waals surface area contributed by atoms with Crippen LogP contribution in [0.3, 0.4) is 0 Å². The Kier molecular flexibility index (Phi) is 34.3. The zero-order valence-corrected chi connectivity index (χ0v) is 60.5. The van der Waals surface area contributed by atoms with E-state index in [9.17, 15) is 33.9 Å². The summed E-state index contributed by atoms with van der Waals surface area (Å²) in [5, 5.41) is 23.3. The third kappa shape index (κ3) is 22.8. The second-order valence-electron chi connectivity index (χ2n) is 28.0. The Bertz CT molecular complexity index is 2560. The van der Waals surface area contributed by atoms with Crippen molar-refractivity contribution in [1.82, 2.24) is 55.6 Å². The lowest BCUT2D eigenvalue weighted by atomic mass is 9.91. The lowest BCUT2D eigenvalue weighted by molar-refractivity contribution is -0.157. The number of ether oxygens (including phenoxy) is 1. The van der Waals surface area contributed by atoms with Crippen LogP contribution >= 0.6 is 0 Å². The summed E-state index contributed by atoms with van der Waals surface area (Å²) in [5.41, 5.74) is 0. The van der Waals surface area contributed by atoms with E-state index in [1.165, 1.54) is 96.8 Å². The van der Waals surface area contributed by atoms with E-state index in [2.05, 4.69) is 21.3 Å². The number of esters is 1. The van der Waals surface area contributed by atoms with Gasteiger partial charge >= 0.3 is 5.97 Å². The van der Waals surface area contributed by atoms with Gasteiger partial charge in [-0.2, -0.15) is 0 Å². The van der Waals surface area contributed by atoms with Crippen molar-refractivity contribution < 1.29 is 67.4 Å². The van der Waals surface area contributed by atoms with Crippen LogP contribution in [0.4, 0.5) is 0 Å². The van der Waals surface area contributed by atoms with E-state index >= 15 is 28.8 Å². The van der Waals surface area contributed by atoms with Crippen molar-refractivity contribution >= 4 is 70.9 Å². The molecular formula is C67H119N11O14. The van der Waals surface area contributed by atoms with Crippen LogP contribution in [-0.4, -0.2) is 239 Å². The summed E-state index contributed by atoms with van der Waals surface area (Å²) in [7, 11) is 10.9. The highest BCUT2D eigenvalue weighted by Gasteiger charge is 2.47. The normalized spacial score (nSPS) is 26.9. The number of nitrogens with zero attached hydrogens (tertiary/aromatic N) is 7. The Hall–Kier alpha value is -6.66. The van der Waals surface area contributed by atoms with Crippen LogP contribution in [-0.2, 0) is 62.3 Å². The van der Waals surface area contributed by atoms with Gasteiger partial charge in [0.1, 0.15) is 66.5 Å². The molecule has 1 aliphatic rings. The lowest BCUT2D eigenvalue weighted by Gasteiger charge is -2.41. The Morgan fingerprint density at radius 3 is 1.26 bits per heavy atom. The van der Waals surface area contributed by atoms with Crippen LogP contribution in [0, 0.1) is 47.3 Å². The SMILES string of the molecule is C/C=C/C[C@@H](C)[C@@H](O)[C@H]1C(=O)N[C@@H](CC)C(=O)N(C)C(CC(C)C(=O)OC)C(=O)N(C)[C@@H](CC(C)C)C(=O)N[C@@H](C(C)C)C(=O)N(C)[C@@H](CC(C)C)C(=O)N[C@@H](C)C(=O)N[C@H](C)C(=O)N(C)[C@@H](CC(C)C)C(=O)N(C)[C@@H](CC(C)C)C(=O)N(C)[C@@H](C(C)C)C(=O)N1C. The predicted octanol–water partition coefficient (Wildman–Crippen LogP) is 3.84. The molecule has 25 nitrogen and oxygen atoms in total. The molecule has 2 unspecified atom stereocenters. The molecule has 0 spiro atoms. The molecule has 11 amide bonds. The number of amides is 11. The van der Waals surface area contributed by atoms with Crippen molar-refractivity contribution in [3.8, 4) is 0 Å². The molecule has 0 aromatic heterocycles. The fourth-order valence-corrected chi connectivity index (χ4v) is 11.7. The van der Waals surface area contributed by atoms with Gasteiger partial charge in [0.2, 0.25) is 65.0 Å². The first-order chi connectivity index (χ1) is 42.5. The number of aliphatic hydroxyl groups is 1. The van der Waals surface area contributed by atoms with Crippen LogP contribution in [0.15, 0.2) is 12.2 Å². The third-order valence-corrected chi connectivity index (χ3v) is 17.6. The van der Waals surface area contributed by atoms with Crippen LogP contribution < -0.4 is 21.3 Å². The van der Waals surface area contributed by atoms with E-state index < -0.39 is 167 Å². The summed E-state index contributed by atoms with van der Waals surface area (Å²) in [6.45, 7) is 31.1. The minimum Gasteiger partial charge on any atom is -0.469 e. The first-order valence-electron chi connectivity index (χ1n) is 32.9. The number of nitrogens with one attached hydrogen (secondary N) is 4. The Labute approximate surface area is 549 Å². The number of aliphatic hydroxyl groups excluding tert-OH is 1. The van der Waals surface area contributed by atoms with Gasteiger partial charge in [-0.05, 0) is 107 Å². The van der Waals surface area contributed by atoms with Crippen molar-refractivity contribution in [3.05, 3.63) is 12.2 Å². The molecule has 1 rings (SSSR count). The summed E-state index contributed by atoms with van der Waals surface area (Å²) in [6.07, 6.45) is 2.31. The number of hydrogen-bond acceptors (Lipinski definition) is 14. The lowest BCUT2D eigenvalue weighted by Crippen LogP contribution is -2.64. The molecule has 0 bridgehead atoms. The molecule has 25 heteroatoms. The molecule has 5 N–H and O–H groups in total. The topological polar surface area (TPSA) is 305 Å². The zero-order chi connectivity index (χ0) is 71.4. The molecule has 1 aliphatic heterocycles. The fraction of sp³-hybridized carbons (Fsp3) is 0.791. The Morgan fingerprint density at radius 1 is 0.457 bits per heavy atom. The molecule has 14 atom stereocenters. The summed E-state index contributed by atoms with van der Waals surface area (Å²) >= 11 is 0. The van der Waals surface area contributed by atoms with Gasteiger partial charge in [0.15, 0.2) is 0 Å². The maximum absolute atomic E-state index is 15.3. The average molecular weight is 1300 g/mol. The maximum Gasteiger partial charge on any atom is 0.308 e. The smallest absolute Gasteiger partial charge is 0.308 e. The highest BCUT2D eigenvalue weighted by Crippen LogP contribution is 2.27. The monoisotopic (exact) mass is 1300 g/mol. The molecule has 526 valence electrons. The van der Waals surface area contributed by atoms with Crippen molar-refractivity contribution in [2.75, 3.05) is 56.4 Å². The largest absolute Gasteiger partial charge is 0.469 e. The van der Waals surface area contributed by atoms with Crippen LogP contribution in [0.5, 0.6) is 0 Å². The van der Waals surface area contributed by atoms with Gasteiger partial charge in [0, 0.05) is 49.3 Å². The molecule has 0 aliphatic carbocycles. The molecule has 0 aromatic rings. The van der Waals surface area contributed by atoms with Crippen molar-refractivity contribution in [2.45, 2.75) is 242 Å². The van der Waals surface area contributed by atoms with Crippen molar-refractivity contribution in [2.24, 2.45) is 47.3 Å². The summed E-state index contributed by atoms with van der Waals surface area (Å²) in [4.78, 5) is 185. The first kappa shape index (κ1) is 83.4. The number of carbonyl (C=O) groups excluding carboxylic acids is 12. The van der Waals surface area contributed by atoms with Crippen molar-refractivity contribution in [1.29, 1.82) is 0 Å². The van der Waals surface area contributed by atoms with Gasteiger partial charge in [-0.3, -0.25) is 57.5 Å². The van der Waals surface area contributed by atoms with E-state index in [-0.39, 0.29) is 68.6 Å².